The molecule has 0 spiro atoms. The Bertz CT molecular complexity index is 446. The molecular formula is C11H10Cl2FNO. The summed E-state index contributed by atoms with van der Waals surface area (Å²) in [5.41, 5.74) is 0.851. The van der Waals surface area contributed by atoms with Crippen molar-refractivity contribution in [2.45, 2.75) is 6.92 Å². The van der Waals surface area contributed by atoms with Gasteiger partial charge in [-0.1, -0.05) is 35.4 Å². The van der Waals surface area contributed by atoms with E-state index in [1.54, 1.807) is 6.92 Å². The molecule has 1 aromatic carbocycles. The van der Waals surface area contributed by atoms with Crippen LogP contribution in [0.2, 0.25) is 10.0 Å². The lowest BCUT2D eigenvalue weighted by Crippen LogP contribution is -2.25. The van der Waals surface area contributed by atoms with Gasteiger partial charge in [0.15, 0.2) is 0 Å². The first kappa shape index (κ1) is 13.0. The van der Waals surface area contributed by atoms with Crippen molar-refractivity contribution >= 4 is 29.1 Å². The smallest absolute Gasteiger partial charge is 0.253 e. The Kier molecular flexibility index (Phi) is 4.33. The molecule has 1 N–H and O–H groups in total. The third-order valence-corrected chi connectivity index (χ3v) is 2.41. The van der Waals surface area contributed by atoms with Crippen LogP contribution in [0.4, 0.5) is 4.39 Å². The van der Waals surface area contributed by atoms with E-state index >= 15 is 0 Å². The molecule has 0 unspecified atom stereocenters. The molecule has 0 heterocycles. The Labute approximate surface area is 103 Å². The quantitative estimate of drug-likeness (QED) is 0.656. The fraction of sp³-hybridized carbons (Fsp3) is 0.182. The van der Waals surface area contributed by atoms with Gasteiger partial charge in [0.1, 0.15) is 5.82 Å². The molecule has 0 aliphatic rings. The standard InChI is InChI=1S/C11H10Cl2FNO/c1-6(2)5-15-11(16)7-3-10(14)9(13)4-8(7)12/h3-4H,1,5H2,2H3,(H,15,16). The van der Waals surface area contributed by atoms with Crippen LogP contribution in [0.3, 0.4) is 0 Å². The molecule has 0 aliphatic carbocycles. The van der Waals surface area contributed by atoms with Crippen LogP contribution in [0.1, 0.15) is 17.3 Å². The molecule has 86 valence electrons. The molecule has 1 aromatic rings. The van der Waals surface area contributed by atoms with E-state index in [2.05, 4.69) is 11.9 Å². The fourth-order valence-electron chi connectivity index (χ4n) is 1.02. The first-order valence-electron chi connectivity index (χ1n) is 4.49. The number of carbonyl (C=O) groups is 1. The lowest BCUT2D eigenvalue weighted by molar-refractivity contribution is 0.0956. The van der Waals surface area contributed by atoms with Crippen molar-refractivity contribution in [2.75, 3.05) is 6.54 Å². The Morgan fingerprint density at radius 2 is 2.06 bits per heavy atom. The highest BCUT2D eigenvalue weighted by molar-refractivity contribution is 6.36. The molecule has 5 heteroatoms. The van der Waals surface area contributed by atoms with Crippen LogP contribution < -0.4 is 5.32 Å². The zero-order valence-electron chi connectivity index (χ0n) is 8.61. The van der Waals surface area contributed by atoms with Gasteiger partial charge in [0.05, 0.1) is 15.6 Å². The molecular weight excluding hydrogens is 252 g/mol. The van der Waals surface area contributed by atoms with Gasteiger partial charge in [-0.2, -0.15) is 0 Å². The van der Waals surface area contributed by atoms with E-state index in [9.17, 15) is 9.18 Å². The molecule has 0 aromatic heterocycles. The summed E-state index contributed by atoms with van der Waals surface area (Å²) in [5.74, 6) is -1.13. The molecule has 0 radical (unpaired) electrons. The number of amides is 1. The summed E-state index contributed by atoms with van der Waals surface area (Å²) >= 11 is 11.3. The van der Waals surface area contributed by atoms with E-state index in [1.807, 2.05) is 0 Å². The minimum Gasteiger partial charge on any atom is -0.348 e. The maximum absolute atomic E-state index is 13.1. The predicted octanol–water partition coefficient (Wildman–Crippen LogP) is 3.44. The molecule has 0 saturated carbocycles. The van der Waals surface area contributed by atoms with Crippen molar-refractivity contribution in [3.05, 3.63) is 45.7 Å². The third-order valence-electron chi connectivity index (χ3n) is 1.81. The molecule has 0 atom stereocenters. The summed E-state index contributed by atoms with van der Waals surface area (Å²) in [6.45, 7) is 5.72. The summed E-state index contributed by atoms with van der Waals surface area (Å²) < 4.78 is 13.1. The number of benzene rings is 1. The highest BCUT2D eigenvalue weighted by Crippen LogP contribution is 2.24. The summed E-state index contributed by atoms with van der Waals surface area (Å²) in [7, 11) is 0. The maximum atomic E-state index is 13.1. The first-order chi connectivity index (χ1) is 7.41. The Balaban J connectivity index is 2.91. The zero-order valence-corrected chi connectivity index (χ0v) is 10.1. The number of hydrogen-bond acceptors (Lipinski definition) is 1. The normalized spacial score (nSPS) is 10.0. The van der Waals surface area contributed by atoms with Crippen molar-refractivity contribution in [3.8, 4) is 0 Å². The van der Waals surface area contributed by atoms with Gasteiger partial charge < -0.3 is 5.32 Å². The molecule has 2 nitrogen and oxygen atoms in total. The van der Waals surface area contributed by atoms with Crippen molar-refractivity contribution < 1.29 is 9.18 Å². The van der Waals surface area contributed by atoms with Crippen molar-refractivity contribution in [3.63, 3.8) is 0 Å². The largest absolute Gasteiger partial charge is 0.348 e. The lowest BCUT2D eigenvalue weighted by atomic mass is 10.2. The van der Waals surface area contributed by atoms with Gasteiger partial charge in [0.2, 0.25) is 0 Å². The number of nitrogens with one attached hydrogen (secondary N) is 1. The van der Waals surface area contributed by atoms with Crippen LogP contribution in [0, 0.1) is 5.82 Å². The third kappa shape index (κ3) is 3.22. The second-order valence-electron chi connectivity index (χ2n) is 3.39. The number of hydrogen-bond donors (Lipinski definition) is 1. The van der Waals surface area contributed by atoms with Crippen LogP contribution in [-0.2, 0) is 0 Å². The fourth-order valence-corrected chi connectivity index (χ4v) is 1.49. The van der Waals surface area contributed by atoms with Crippen LogP contribution in [-0.4, -0.2) is 12.5 Å². The average Bonchev–Trinajstić information content (AvgIpc) is 2.20. The molecule has 0 bridgehead atoms. The number of halogens is 3. The van der Waals surface area contributed by atoms with Gasteiger partial charge >= 0.3 is 0 Å². The van der Waals surface area contributed by atoms with Crippen molar-refractivity contribution in [1.29, 1.82) is 0 Å². The Morgan fingerprint density at radius 1 is 1.44 bits per heavy atom. The predicted molar refractivity (Wildman–Crippen MR) is 63.6 cm³/mol. The molecule has 0 saturated heterocycles. The first-order valence-corrected chi connectivity index (χ1v) is 5.24. The molecule has 0 aliphatic heterocycles. The van der Waals surface area contributed by atoms with E-state index < -0.39 is 11.7 Å². The van der Waals surface area contributed by atoms with Gasteiger partial charge in [0.25, 0.3) is 5.91 Å². The van der Waals surface area contributed by atoms with Crippen LogP contribution >= 0.6 is 23.2 Å². The monoisotopic (exact) mass is 261 g/mol. The minimum atomic E-state index is -0.674. The molecule has 1 amide bonds. The topological polar surface area (TPSA) is 29.1 Å². The van der Waals surface area contributed by atoms with Crippen LogP contribution in [0.25, 0.3) is 0 Å². The zero-order chi connectivity index (χ0) is 12.3. The van der Waals surface area contributed by atoms with Crippen LogP contribution in [0.5, 0.6) is 0 Å². The highest BCUT2D eigenvalue weighted by atomic mass is 35.5. The van der Waals surface area contributed by atoms with Gasteiger partial charge in [-0.3, -0.25) is 4.79 Å². The van der Waals surface area contributed by atoms with E-state index in [4.69, 9.17) is 23.2 Å². The molecule has 1 rings (SSSR count). The average molecular weight is 262 g/mol. The Hall–Kier alpha value is -1.06. The summed E-state index contributed by atoms with van der Waals surface area (Å²) in [5, 5.41) is 2.56. The van der Waals surface area contributed by atoms with Crippen LogP contribution in [0.15, 0.2) is 24.3 Å². The van der Waals surface area contributed by atoms with E-state index in [1.165, 1.54) is 6.07 Å². The van der Waals surface area contributed by atoms with Gasteiger partial charge in [0, 0.05) is 6.54 Å². The summed E-state index contributed by atoms with van der Waals surface area (Å²) in [6.07, 6.45) is 0. The van der Waals surface area contributed by atoms with Gasteiger partial charge in [-0.05, 0) is 19.1 Å². The van der Waals surface area contributed by atoms with Gasteiger partial charge in [-0.25, -0.2) is 4.39 Å². The van der Waals surface area contributed by atoms with Crippen molar-refractivity contribution in [1.82, 2.24) is 5.32 Å². The van der Waals surface area contributed by atoms with Gasteiger partial charge in [-0.15, -0.1) is 0 Å². The minimum absolute atomic E-state index is 0.0600. The number of carbonyl (C=O) groups excluding carboxylic acids is 1. The molecule has 0 fully saturated rings. The maximum Gasteiger partial charge on any atom is 0.253 e. The van der Waals surface area contributed by atoms with E-state index in [0.29, 0.717) is 6.54 Å². The van der Waals surface area contributed by atoms with Crippen molar-refractivity contribution in [2.24, 2.45) is 0 Å². The second kappa shape index (κ2) is 5.32. The van der Waals surface area contributed by atoms with E-state index in [0.717, 1.165) is 11.6 Å². The number of rotatable bonds is 3. The summed E-state index contributed by atoms with van der Waals surface area (Å²) in [4.78, 5) is 11.6. The highest BCUT2D eigenvalue weighted by Gasteiger charge is 2.13. The second-order valence-corrected chi connectivity index (χ2v) is 4.20. The lowest BCUT2D eigenvalue weighted by Gasteiger charge is -2.07. The SMILES string of the molecule is C=C(C)CNC(=O)c1cc(F)c(Cl)cc1Cl. The van der Waals surface area contributed by atoms with E-state index in [-0.39, 0.29) is 15.6 Å². The Morgan fingerprint density at radius 3 is 2.62 bits per heavy atom. The summed E-state index contributed by atoms with van der Waals surface area (Å²) in [6, 6.07) is 2.21. The molecule has 16 heavy (non-hydrogen) atoms.